The van der Waals surface area contributed by atoms with Crippen LogP contribution in [0, 0.1) is 0 Å². The molecule has 1 amide bonds. The van der Waals surface area contributed by atoms with Gasteiger partial charge in [-0.15, -0.1) is 0 Å². The van der Waals surface area contributed by atoms with E-state index in [-0.39, 0.29) is 12.5 Å². The van der Waals surface area contributed by atoms with Gasteiger partial charge in [0.15, 0.2) is 18.1 Å². The summed E-state index contributed by atoms with van der Waals surface area (Å²) in [6.07, 6.45) is 2.10. The second kappa shape index (κ2) is 6.81. The van der Waals surface area contributed by atoms with Crippen LogP contribution in [0.15, 0.2) is 12.1 Å². The number of ether oxygens (including phenoxy) is 2. The van der Waals surface area contributed by atoms with Crippen molar-refractivity contribution in [1.82, 2.24) is 10.6 Å². The number of amides is 1. The van der Waals surface area contributed by atoms with E-state index in [1.54, 1.807) is 13.2 Å². The predicted octanol–water partition coefficient (Wildman–Crippen LogP) is 1.73. The molecule has 0 saturated heterocycles. The van der Waals surface area contributed by atoms with Gasteiger partial charge in [-0.3, -0.25) is 4.79 Å². The molecule has 1 aromatic rings. The molecular formula is C14H19ClN2O3. The van der Waals surface area contributed by atoms with Crippen molar-refractivity contribution in [3.8, 4) is 11.5 Å². The fraction of sp³-hybridized carbons (Fsp3) is 0.500. The molecule has 1 saturated carbocycles. The lowest BCUT2D eigenvalue weighted by molar-refractivity contribution is -0.123. The second-order valence-electron chi connectivity index (χ2n) is 4.77. The molecular weight excluding hydrogens is 280 g/mol. The normalized spacial score (nSPS) is 13.9. The lowest BCUT2D eigenvalue weighted by atomic mass is 10.2. The van der Waals surface area contributed by atoms with Crippen LogP contribution in [-0.2, 0) is 11.3 Å². The summed E-state index contributed by atoms with van der Waals surface area (Å²) in [5.41, 5.74) is 0.990. The summed E-state index contributed by atoms with van der Waals surface area (Å²) >= 11 is 6.19. The molecule has 110 valence electrons. The summed E-state index contributed by atoms with van der Waals surface area (Å²) in [6.45, 7) is 0.622. The molecule has 0 aliphatic heterocycles. The van der Waals surface area contributed by atoms with Gasteiger partial charge in [0.05, 0.1) is 12.1 Å². The minimum atomic E-state index is -0.134. The highest BCUT2D eigenvalue weighted by Gasteiger charge is 2.23. The first kappa shape index (κ1) is 14.9. The van der Waals surface area contributed by atoms with Gasteiger partial charge in [-0.1, -0.05) is 11.6 Å². The largest absolute Gasteiger partial charge is 0.493 e. The smallest absolute Gasteiger partial charge is 0.258 e. The number of methoxy groups -OCH3 is 1. The topological polar surface area (TPSA) is 59.6 Å². The number of hydrogen-bond acceptors (Lipinski definition) is 4. The molecule has 2 rings (SSSR count). The van der Waals surface area contributed by atoms with Gasteiger partial charge in [0.25, 0.3) is 5.91 Å². The molecule has 0 aromatic heterocycles. The van der Waals surface area contributed by atoms with Crippen LogP contribution in [-0.4, -0.2) is 32.7 Å². The molecule has 2 N–H and O–H groups in total. The molecule has 20 heavy (non-hydrogen) atoms. The Hall–Kier alpha value is -1.46. The molecule has 0 heterocycles. The average molecular weight is 299 g/mol. The van der Waals surface area contributed by atoms with E-state index in [1.807, 2.05) is 13.1 Å². The summed E-state index contributed by atoms with van der Waals surface area (Å²) in [5, 5.41) is 6.34. The van der Waals surface area contributed by atoms with Gasteiger partial charge in [-0.2, -0.15) is 0 Å². The lowest BCUT2D eigenvalue weighted by Gasteiger charge is -2.14. The molecule has 1 aromatic carbocycles. The van der Waals surface area contributed by atoms with Crippen LogP contribution in [0.3, 0.4) is 0 Å². The second-order valence-corrected chi connectivity index (χ2v) is 5.18. The van der Waals surface area contributed by atoms with E-state index < -0.39 is 0 Å². The number of halogens is 1. The summed E-state index contributed by atoms with van der Waals surface area (Å²) < 4.78 is 10.8. The van der Waals surface area contributed by atoms with Crippen molar-refractivity contribution >= 4 is 17.5 Å². The Morgan fingerprint density at radius 1 is 1.45 bits per heavy atom. The van der Waals surface area contributed by atoms with Gasteiger partial charge in [0, 0.05) is 12.6 Å². The van der Waals surface area contributed by atoms with Crippen LogP contribution in [0.5, 0.6) is 11.5 Å². The lowest BCUT2D eigenvalue weighted by Crippen LogP contribution is -2.30. The fourth-order valence-electron chi connectivity index (χ4n) is 1.85. The Morgan fingerprint density at radius 3 is 2.80 bits per heavy atom. The minimum absolute atomic E-state index is 0.0576. The van der Waals surface area contributed by atoms with E-state index in [4.69, 9.17) is 21.1 Å². The van der Waals surface area contributed by atoms with E-state index in [2.05, 4.69) is 10.6 Å². The van der Waals surface area contributed by atoms with Crippen molar-refractivity contribution in [2.24, 2.45) is 0 Å². The molecule has 0 radical (unpaired) electrons. The summed E-state index contributed by atoms with van der Waals surface area (Å²) in [4.78, 5) is 11.6. The highest BCUT2D eigenvalue weighted by molar-refractivity contribution is 6.32. The maximum atomic E-state index is 11.6. The van der Waals surface area contributed by atoms with Gasteiger partial charge >= 0.3 is 0 Å². The molecule has 1 aliphatic rings. The van der Waals surface area contributed by atoms with Crippen LogP contribution in [0.4, 0.5) is 0 Å². The van der Waals surface area contributed by atoms with Gasteiger partial charge in [0.2, 0.25) is 0 Å². The maximum absolute atomic E-state index is 11.6. The van der Waals surface area contributed by atoms with Crippen LogP contribution in [0.2, 0.25) is 5.02 Å². The van der Waals surface area contributed by atoms with Gasteiger partial charge in [-0.25, -0.2) is 0 Å². The Kier molecular flexibility index (Phi) is 5.09. The predicted molar refractivity (Wildman–Crippen MR) is 77.4 cm³/mol. The summed E-state index contributed by atoms with van der Waals surface area (Å²) in [6, 6.07) is 3.96. The van der Waals surface area contributed by atoms with E-state index in [0.29, 0.717) is 29.1 Å². The van der Waals surface area contributed by atoms with Crippen molar-refractivity contribution in [3.63, 3.8) is 0 Å². The zero-order chi connectivity index (χ0) is 14.5. The average Bonchev–Trinajstić information content (AvgIpc) is 3.21. The third-order valence-electron chi connectivity index (χ3n) is 2.96. The SMILES string of the molecule is CNCc1cc(Cl)c(OCC(=O)NC2CC2)c(OC)c1. The van der Waals surface area contributed by atoms with Gasteiger partial charge in [-0.05, 0) is 37.6 Å². The van der Waals surface area contributed by atoms with Crippen molar-refractivity contribution in [1.29, 1.82) is 0 Å². The van der Waals surface area contributed by atoms with E-state index in [1.165, 1.54) is 0 Å². The summed E-state index contributed by atoms with van der Waals surface area (Å²) in [5.74, 6) is 0.798. The minimum Gasteiger partial charge on any atom is -0.493 e. The number of rotatable bonds is 7. The molecule has 0 unspecified atom stereocenters. The van der Waals surface area contributed by atoms with Crippen LogP contribution in [0.1, 0.15) is 18.4 Å². The number of carbonyl (C=O) groups is 1. The molecule has 1 aliphatic carbocycles. The van der Waals surface area contributed by atoms with Crippen molar-refractivity contribution in [2.45, 2.75) is 25.4 Å². The zero-order valence-corrected chi connectivity index (χ0v) is 12.4. The number of nitrogens with one attached hydrogen (secondary N) is 2. The molecule has 1 fully saturated rings. The highest BCUT2D eigenvalue weighted by atomic mass is 35.5. The third-order valence-corrected chi connectivity index (χ3v) is 3.24. The molecule has 5 nitrogen and oxygen atoms in total. The zero-order valence-electron chi connectivity index (χ0n) is 11.7. The van der Waals surface area contributed by atoms with E-state index in [0.717, 1.165) is 18.4 Å². The first-order chi connectivity index (χ1) is 9.63. The quantitative estimate of drug-likeness (QED) is 0.805. The van der Waals surface area contributed by atoms with Crippen LogP contribution < -0.4 is 20.1 Å². The summed E-state index contributed by atoms with van der Waals surface area (Å²) in [7, 11) is 3.40. The monoisotopic (exact) mass is 298 g/mol. The first-order valence-electron chi connectivity index (χ1n) is 6.57. The van der Waals surface area contributed by atoms with Crippen molar-refractivity contribution < 1.29 is 14.3 Å². The number of benzene rings is 1. The Balaban J connectivity index is 2.03. The van der Waals surface area contributed by atoms with Crippen LogP contribution >= 0.6 is 11.6 Å². The number of hydrogen-bond donors (Lipinski definition) is 2. The highest BCUT2D eigenvalue weighted by Crippen LogP contribution is 2.36. The third kappa shape index (κ3) is 4.02. The van der Waals surface area contributed by atoms with Gasteiger partial charge < -0.3 is 20.1 Å². The molecule has 6 heteroatoms. The standard InChI is InChI=1S/C14H19ClN2O3/c1-16-7-9-5-11(15)14(12(6-9)19-2)20-8-13(18)17-10-3-4-10/h5-6,10,16H,3-4,7-8H2,1-2H3,(H,17,18). The maximum Gasteiger partial charge on any atom is 0.258 e. The Morgan fingerprint density at radius 2 is 2.20 bits per heavy atom. The first-order valence-corrected chi connectivity index (χ1v) is 6.95. The fourth-order valence-corrected chi connectivity index (χ4v) is 2.14. The van der Waals surface area contributed by atoms with Gasteiger partial charge in [0.1, 0.15) is 0 Å². The van der Waals surface area contributed by atoms with Crippen molar-refractivity contribution in [3.05, 3.63) is 22.7 Å². The van der Waals surface area contributed by atoms with E-state index in [9.17, 15) is 4.79 Å². The molecule has 0 spiro atoms. The number of carbonyl (C=O) groups excluding carboxylic acids is 1. The molecule has 0 bridgehead atoms. The Bertz CT molecular complexity index is 490. The van der Waals surface area contributed by atoms with Crippen LogP contribution in [0.25, 0.3) is 0 Å². The Labute approximate surface area is 123 Å². The van der Waals surface area contributed by atoms with Crippen molar-refractivity contribution in [2.75, 3.05) is 20.8 Å². The van der Waals surface area contributed by atoms with E-state index >= 15 is 0 Å². The molecule has 0 atom stereocenters.